The first-order valence-corrected chi connectivity index (χ1v) is 13.2. The summed E-state index contributed by atoms with van der Waals surface area (Å²) in [6, 6.07) is 13.4. The molecule has 1 aliphatic rings. The highest BCUT2D eigenvalue weighted by molar-refractivity contribution is 9.10. The number of ether oxygens (including phenoxy) is 2. The van der Waals surface area contributed by atoms with Crippen LogP contribution < -0.4 is 10.1 Å². The molecule has 0 radical (unpaired) electrons. The Balaban J connectivity index is 1.36. The maximum Gasteiger partial charge on any atom is 0.408 e. The van der Waals surface area contributed by atoms with E-state index >= 15 is 0 Å². The minimum absolute atomic E-state index is 0.0109. The van der Waals surface area contributed by atoms with Crippen LogP contribution in [0.25, 0.3) is 0 Å². The van der Waals surface area contributed by atoms with Gasteiger partial charge in [-0.2, -0.15) is 0 Å². The number of aryl methyl sites for hydroxylation is 1. The van der Waals surface area contributed by atoms with Gasteiger partial charge in [-0.1, -0.05) is 46.3 Å². The van der Waals surface area contributed by atoms with Gasteiger partial charge < -0.3 is 29.7 Å². The highest BCUT2D eigenvalue weighted by Gasteiger charge is 2.27. The number of aliphatic carboxylic acids is 1. The Morgan fingerprint density at radius 1 is 0.974 bits per heavy atom. The number of nitrogens with zero attached hydrogens (tertiary/aromatic N) is 2. The second kappa shape index (κ2) is 14.4. The zero-order valence-corrected chi connectivity index (χ0v) is 22.8. The average molecular weight is 590 g/mol. The molecule has 0 bridgehead atoms. The van der Waals surface area contributed by atoms with Gasteiger partial charge >= 0.3 is 12.1 Å². The van der Waals surface area contributed by atoms with Crippen LogP contribution in [-0.4, -0.2) is 77.6 Å². The van der Waals surface area contributed by atoms with Gasteiger partial charge in [0.25, 0.3) is 0 Å². The molecule has 1 atom stereocenters. The lowest BCUT2D eigenvalue weighted by atomic mass is 10.1. The second-order valence-electron chi connectivity index (χ2n) is 8.91. The molecule has 1 saturated heterocycles. The molecule has 0 saturated carbocycles. The Kier molecular flexibility index (Phi) is 11.0. The van der Waals surface area contributed by atoms with Crippen LogP contribution in [0, 0.1) is 6.92 Å². The van der Waals surface area contributed by atoms with E-state index in [2.05, 4.69) is 21.2 Å². The van der Waals surface area contributed by atoms with Crippen molar-refractivity contribution in [2.45, 2.75) is 38.8 Å². The number of piperazine rings is 1. The highest BCUT2D eigenvalue weighted by Crippen LogP contribution is 2.22. The third kappa shape index (κ3) is 9.05. The summed E-state index contributed by atoms with van der Waals surface area (Å²) in [5, 5.41) is 11.8. The predicted molar refractivity (Wildman–Crippen MR) is 143 cm³/mol. The number of carboxylic acid groups (broad SMARTS) is 1. The van der Waals surface area contributed by atoms with Crippen molar-refractivity contribution in [3.8, 4) is 5.75 Å². The fourth-order valence-corrected chi connectivity index (χ4v) is 4.45. The summed E-state index contributed by atoms with van der Waals surface area (Å²) >= 11 is 3.41. The van der Waals surface area contributed by atoms with Crippen molar-refractivity contribution in [3.05, 3.63) is 64.1 Å². The lowest BCUT2D eigenvalue weighted by Crippen LogP contribution is -2.51. The Labute approximate surface area is 230 Å². The first-order chi connectivity index (χ1) is 18.2. The van der Waals surface area contributed by atoms with Crippen LogP contribution in [-0.2, 0) is 25.7 Å². The number of nitrogens with one attached hydrogen (secondary N) is 1. The van der Waals surface area contributed by atoms with E-state index in [1.165, 1.54) is 0 Å². The summed E-state index contributed by atoms with van der Waals surface area (Å²) in [5.74, 6) is -0.784. The minimum Gasteiger partial charge on any atom is -0.493 e. The summed E-state index contributed by atoms with van der Waals surface area (Å²) in [7, 11) is 0. The molecule has 0 aromatic heterocycles. The first-order valence-electron chi connectivity index (χ1n) is 12.4. The lowest BCUT2D eigenvalue weighted by Gasteiger charge is -2.35. The number of halogens is 1. The molecule has 0 aliphatic carbocycles. The van der Waals surface area contributed by atoms with E-state index in [1.807, 2.05) is 31.2 Å². The number of carboxylic acids is 1. The summed E-state index contributed by atoms with van der Waals surface area (Å²) in [4.78, 5) is 52.1. The number of carbonyl (C=O) groups excluding carboxylic acids is 3. The van der Waals surface area contributed by atoms with Crippen molar-refractivity contribution < 1.29 is 33.8 Å². The Morgan fingerprint density at radius 2 is 1.61 bits per heavy atom. The van der Waals surface area contributed by atoms with Crippen LogP contribution in [0.15, 0.2) is 53.0 Å². The van der Waals surface area contributed by atoms with Gasteiger partial charge in [-0.3, -0.25) is 9.59 Å². The Bertz CT molecular complexity index is 1120. The Morgan fingerprint density at radius 3 is 2.21 bits per heavy atom. The van der Waals surface area contributed by atoms with Gasteiger partial charge in [0, 0.05) is 37.1 Å². The molecular weight excluding hydrogens is 558 g/mol. The summed E-state index contributed by atoms with van der Waals surface area (Å²) in [5.41, 5.74) is 1.75. The van der Waals surface area contributed by atoms with Crippen LogP contribution in [0.2, 0.25) is 0 Å². The summed E-state index contributed by atoms with van der Waals surface area (Å²) in [6.45, 7) is 3.73. The van der Waals surface area contributed by atoms with Gasteiger partial charge in [0.15, 0.2) is 0 Å². The van der Waals surface area contributed by atoms with E-state index in [4.69, 9.17) is 9.47 Å². The van der Waals surface area contributed by atoms with E-state index in [-0.39, 0.29) is 44.3 Å². The third-order valence-electron chi connectivity index (χ3n) is 6.15. The smallest absolute Gasteiger partial charge is 0.408 e. The fraction of sp³-hybridized carbons (Fsp3) is 0.407. The quantitative estimate of drug-likeness (QED) is 0.411. The van der Waals surface area contributed by atoms with Gasteiger partial charge in [-0.15, -0.1) is 0 Å². The number of hydrogen-bond donors (Lipinski definition) is 2. The SMILES string of the molecule is Cc1cc(Br)ccc1OCCC(=O)N1CCN(C(=O)CC[C@H](NC(=O)OCc2ccccc2)C(=O)O)CC1. The van der Waals surface area contributed by atoms with E-state index in [0.29, 0.717) is 26.2 Å². The molecule has 204 valence electrons. The largest absolute Gasteiger partial charge is 0.493 e. The number of rotatable bonds is 11. The van der Waals surface area contributed by atoms with Crippen molar-refractivity contribution >= 4 is 39.8 Å². The molecule has 3 rings (SSSR count). The summed E-state index contributed by atoms with van der Waals surface area (Å²) in [6.07, 6.45) is -0.749. The van der Waals surface area contributed by atoms with Crippen LogP contribution >= 0.6 is 15.9 Å². The topological polar surface area (TPSA) is 125 Å². The molecule has 10 nitrogen and oxygen atoms in total. The molecule has 2 aromatic carbocycles. The van der Waals surface area contributed by atoms with Crippen LogP contribution in [0.1, 0.15) is 30.4 Å². The highest BCUT2D eigenvalue weighted by atomic mass is 79.9. The molecule has 3 amide bonds. The van der Waals surface area contributed by atoms with E-state index in [9.17, 15) is 24.3 Å². The molecule has 2 N–H and O–H groups in total. The standard InChI is InChI=1S/C27H32BrN3O7/c1-19-17-21(28)7-9-23(19)37-16-11-25(33)31-14-12-30(13-15-31)24(32)10-8-22(26(34)35)29-27(36)38-18-20-5-3-2-4-6-20/h2-7,9,17,22H,8,10-16,18H2,1H3,(H,29,36)(H,34,35)/t22-/m0/s1. The maximum atomic E-state index is 12.6. The van der Waals surface area contributed by atoms with Crippen molar-refractivity contribution in [2.24, 2.45) is 0 Å². The molecule has 0 unspecified atom stereocenters. The molecule has 1 heterocycles. The van der Waals surface area contributed by atoms with Gasteiger partial charge in [-0.25, -0.2) is 9.59 Å². The zero-order chi connectivity index (χ0) is 27.5. The molecule has 2 aromatic rings. The number of carbonyl (C=O) groups is 4. The first kappa shape index (κ1) is 29.0. The molecule has 38 heavy (non-hydrogen) atoms. The average Bonchev–Trinajstić information content (AvgIpc) is 2.91. The van der Waals surface area contributed by atoms with Crippen LogP contribution in [0.4, 0.5) is 4.79 Å². The summed E-state index contributed by atoms with van der Waals surface area (Å²) < 4.78 is 11.8. The van der Waals surface area contributed by atoms with E-state index in [1.54, 1.807) is 34.1 Å². The molecule has 11 heteroatoms. The van der Waals surface area contributed by atoms with Gasteiger partial charge in [0.1, 0.15) is 18.4 Å². The van der Waals surface area contributed by atoms with E-state index < -0.39 is 18.1 Å². The molecule has 0 spiro atoms. The number of alkyl carbamates (subject to hydrolysis) is 1. The van der Waals surface area contributed by atoms with Gasteiger partial charge in [-0.05, 0) is 42.7 Å². The Hall–Kier alpha value is -3.60. The number of benzene rings is 2. The van der Waals surface area contributed by atoms with Crippen LogP contribution in [0.5, 0.6) is 5.75 Å². The van der Waals surface area contributed by atoms with Crippen molar-refractivity contribution in [1.82, 2.24) is 15.1 Å². The van der Waals surface area contributed by atoms with E-state index in [0.717, 1.165) is 21.3 Å². The zero-order valence-electron chi connectivity index (χ0n) is 21.2. The minimum atomic E-state index is -1.25. The van der Waals surface area contributed by atoms with Crippen molar-refractivity contribution in [3.63, 3.8) is 0 Å². The normalized spacial score (nSPS) is 13.9. The van der Waals surface area contributed by atoms with Gasteiger partial charge in [0.2, 0.25) is 11.8 Å². The molecular formula is C27H32BrN3O7. The predicted octanol–water partition coefficient (Wildman–Crippen LogP) is 3.36. The van der Waals surface area contributed by atoms with Crippen LogP contribution in [0.3, 0.4) is 0 Å². The van der Waals surface area contributed by atoms with Gasteiger partial charge in [0.05, 0.1) is 13.0 Å². The number of amides is 3. The molecule has 1 fully saturated rings. The number of hydrogen-bond acceptors (Lipinski definition) is 6. The maximum absolute atomic E-state index is 12.6. The second-order valence-corrected chi connectivity index (χ2v) is 9.82. The molecule has 1 aliphatic heterocycles. The lowest BCUT2D eigenvalue weighted by molar-refractivity contribution is -0.141. The third-order valence-corrected chi connectivity index (χ3v) is 6.64. The van der Waals surface area contributed by atoms with Crippen molar-refractivity contribution in [1.29, 1.82) is 0 Å². The fourth-order valence-electron chi connectivity index (χ4n) is 3.98. The van der Waals surface area contributed by atoms with Crippen molar-refractivity contribution in [2.75, 3.05) is 32.8 Å². The monoisotopic (exact) mass is 589 g/mol.